The van der Waals surface area contributed by atoms with Crippen molar-refractivity contribution in [2.75, 3.05) is 0 Å². The molecule has 0 unspecified atom stereocenters. The molecule has 0 radical (unpaired) electrons. The van der Waals surface area contributed by atoms with Crippen molar-refractivity contribution >= 4 is 54.9 Å². The maximum atomic E-state index is 6.12. The molecule has 4 aromatic carbocycles. The van der Waals surface area contributed by atoms with Gasteiger partial charge in [-0.2, -0.15) is 0 Å². The van der Waals surface area contributed by atoms with E-state index in [1.807, 2.05) is 109 Å². The van der Waals surface area contributed by atoms with Gasteiger partial charge in [-0.05, 0) is 83.6 Å². The quantitative estimate of drug-likeness (QED) is 0.204. The molecule has 8 nitrogen and oxygen atoms in total. The highest BCUT2D eigenvalue weighted by molar-refractivity contribution is 6.01. The van der Waals surface area contributed by atoms with Gasteiger partial charge in [-0.15, -0.1) is 0 Å². The third-order valence-electron chi connectivity index (χ3n) is 7.82. The topological polar surface area (TPSA) is 105 Å². The third-order valence-corrected chi connectivity index (χ3v) is 7.82. The lowest BCUT2D eigenvalue weighted by molar-refractivity contribution is 0.524. The Labute approximate surface area is 246 Å². The second-order valence-electron chi connectivity index (χ2n) is 10.6. The maximum absolute atomic E-state index is 6.12. The Balaban J connectivity index is 0.980. The first-order chi connectivity index (χ1) is 21.7. The molecular weight excluding hydrogens is 556 g/mol. The Morgan fingerprint density at radius 1 is 0.318 bits per heavy atom. The predicted molar refractivity (Wildman–Crippen MR) is 165 cm³/mol. The van der Waals surface area contributed by atoms with Crippen LogP contribution in [0.1, 0.15) is 0 Å². The molecule has 0 saturated carbocycles. The summed E-state index contributed by atoms with van der Waals surface area (Å²) in [6.45, 7) is 0. The van der Waals surface area contributed by atoms with Crippen molar-refractivity contribution < 1.29 is 26.5 Å². The minimum Gasteiger partial charge on any atom is -0.453 e. The van der Waals surface area contributed by atoms with E-state index in [1.54, 1.807) is 0 Å². The number of rotatable bonds is 4. The van der Waals surface area contributed by atoms with Gasteiger partial charge in [0.2, 0.25) is 0 Å². The Morgan fingerprint density at radius 2 is 0.773 bits per heavy atom. The van der Waals surface area contributed by atoms with Crippen LogP contribution in [-0.4, -0.2) is 9.97 Å². The fourth-order valence-corrected chi connectivity index (χ4v) is 5.68. The van der Waals surface area contributed by atoms with Gasteiger partial charge in [-0.3, -0.25) is 0 Å². The normalized spacial score (nSPS) is 12.1. The molecule has 0 N–H and O–H groups in total. The van der Waals surface area contributed by atoms with E-state index in [4.69, 9.17) is 36.5 Å². The number of oxazole rings is 2. The molecule has 0 amide bonds. The Morgan fingerprint density at radius 3 is 1.25 bits per heavy atom. The van der Waals surface area contributed by atoms with Crippen LogP contribution in [0.25, 0.3) is 101 Å². The van der Waals surface area contributed by atoms with Crippen LogP contribution in [0.2, 0.25) is 0 Å². The van der Waals surface area contributed by atoms with E-state index in [-0.39, 0.29) is 0 Å². The van der Waals surface area contributed by atoms with Gasteiger partial charge in [0.15, 0.2) is 45.7 Å². The van der Waals surface area contributed by atoms with Crippen LogP contribution in [0.5, 0.6) is 0 Å². The molecule has 6 heterocycles. The Hall–Kier alpha value is -6.28. The lowest BCUT2D eigenvalue weighted by Crippen LogP contribution is -1.76. The van der Waals surface area contributed by atoms with E-state index in [2.05, 4.69) is 0 Å². The Kier molecular flexibility index (Phi) is 4.57. The van der Waals surface area contributed by atoms with Gasteiger partial charge >= 0.3 is 0 Å². The highest BCUT2D eigenvalue weighted by Crippen LogP contribution is 2.37. The highest BCUT2D eigenvalue weighted by atomic mass is 16.4. The maximum Gasteiger partial charge on any atom is 0.263 e. The molecule has 0 saturated heterocycles. The zero-order chi connectivity index (χ0) is 28.8. The van der Waals surface area contributed by atoms with E-state index >= 15 is 0 Å². The van der Waals surface area contributed by atoms with Crippen LogP contribution in [0.4, 0.5) is 0 Å². The van der Waals surface area contributed by atoms with Crippen LogP contribution in [0.15, 0.2) is 136 Å². The minimum absolute atomic E-state index is 0.389. The molecule has 0 aliphatic heterocycles. The lowest BCUT2D eigenvalue weighted by atomic mass is 10.1. The number of fused-ring (bicyclic) bond motifs is 5. The van der Waals surface area contributed by atoms with Gasteiger partial charge in [-0.1, -0.05) is 36.4 Å². The molecule has 208 valence electrons. The highest BCUT2D eigenvalue weighted by Gasteiger charge is 2.19. The molecular formula is C36H18N2O6. The average molecular weight is 575 g/mol. The summed E-state index contributed by atoms with van der Waals surface area (Å²) in [7, 11) is 0. The number of aromatic nitrogens is 2. The molecule has 0 atom stereocenters. The van der Waals surface area contributed by atoms with E-state index < -0.39 is 0 Å². The van der Waals surface area contributed by atoms with Crippen molar-refractivity contribution in [2.45, 2.75) is 0 Å². The molecule has 0 spiro atoms. The van der Waals surface area contributed by atoms with Gasteiger partial charge in [0.25, 0.3) is 11.8 Å². The largest absolute Gasteiger partial charge is 0.453 e. The van der Waals surface area contributed by atoms with Crippen LogP contribution in [0.3, 0.4) is 0 Å². The monoisotopic (exact) mass is 574 g/mol. The molecule has 0 fully saturated rings. The van der Waals surface area contributed by atoms with Gasteiger partial charge in [0.05, 0.1) is 0 Å². The zero-order valence-electron chi connectivity index (χ0n) is 22.7. The van der Waals surface area contributed by atoms with Gasteiger partial charge in [0, 0.05) is 10.8 Å². The molecule has 0 bridgehead atoms. The number of benzene rings is 4. The van der Waals surface area contributed by atoms with E-state index in [0.29, 0.717) is 68.5 Å². The van der Waals surface area contributed by atoms with E-state index in [1.165, 1.54) is 0 Å². The van der Waals surface area contributed by atoms with Crippen LogP contribution in [0, 0.1) is 0 Å². The molecule has 6 aromatic heterocycles. The van der Waals surface area contributed by atoms with Crippen LogP contribution >= 0.6 is 0 Å². The number of furan rings is 4. The second kappa shape index (κ2) is 8.62. The summed E-state index contributed by atoms with van der Waals surface area (Å²) >= 11 is 0. The van der Waals surface area contributed by atoms with Crippen molar-refractivity contribution in [2.24, 2.45) is 0 Å². The summed E-state index contributed by atoms with van der Waals surface area (Å²) in [6.07, 6.45) is 0. The molecule has 8 heteroatoms. The molecule has 10 rings (SSSR count). The molecule has 0 aliphatic carbocycles. The van der Waals surface area contributed by atoms with Crippen molar-refractivity contribution in [3.05, 3.63) is 109 Å². The third kappa shape index (κ3) is 3.58. The first-order valence-electron chi connectivity index (χ1n) is 14.0. The zero-order valence-corrected chi connectivity index (χ0v) is 22.7. The summed E-state index contributed by atoms with van der Waals surface area (Å²) in [5.41, 5.74) is 4.29. The number of para-hydroxylation sites is 2. The van der Waals surface area contributed by atoms with Crippen molar-refractivity contribution in [1.29, 1.82) is 0 Å². The average Bonchev–Trinajstić information content (AvgIpc) is 3.88. The minimum atomic E-state index is 0.389. The first kappa shape index (κ1) is 23.3. The number of hydrogen-bond donors (Lipinski definition) is 0. The summed E-state index contributed by atoms with van der Waals surface area (Å²) in [5.74, 6) is 4.31. The first-order valence-corrected chi connectivity index (χ1v) is 14.0. The van der Waals surface area contributed by atoms with Gasteiger partial charge < -0.3 is 26.5 Å². The Bertz CT molecular complexity index is 2370. The standard InChI is InChI=1S/C36H18N2O6/c1-3-7-25-19(5-1)15-33(39-25)27-9-11-29(41-27)35-37-23-13-21-18-32-24(14-22(21)17-31(23)43-35)38-36(44-32)30-12-10-28(42-30)34-16-20-6-2-4-8-26(20)40-34/h1-18H. The summed E-state index contributed by atoms with van der Waals surface area (Å²) in [4.78, 5) is 9.40. The fraction of sp³-hybridized carbons (Fsp3) is 0. The van der Waals surface area contributed by atoms with Crippen LogP contribution < -0.4 is 0 Å². The number of nitrogens with zero attached hydrogens (tertiary/aromatic N) is 2. The van der Waals surface area contributed by atoms with Crippen molar-refractivity contribution in [3.63, 3.8) is 0 Å². The second-order valence-corrected chi connectivity index (χ2v) is 10.6. The molecule has 44 heavy (non-hydrogen) atoms. The predicted octanol–water partition coefficient (Wildman–Crippen LogP) is 10.5. The van der Waals surface area contributed by atoms with Crippen molar-refractivity contribution in [3.8, 4) is 46.3 Å². The van der Waals surface area contributed by atoms with Gasteiger partial charge in [0.1, 0.15) is 22.2 Å². The fourth-order valence-electron chi connectivity index (χ4n) is 5.68. The SMILES string of the molecule is c1ccc2oc(-c3ccc(-c4nc5cc6cc7oc(-c8ccc(-c9cc%10ccccc%10o9)o8)nc7cc6cc5o4)o3)cc2c1. The van der Waals surface area contributed by atoms with Crippen LogP contribution in [-0.2, 0) is 0 Å². The van der Waals surface area contributed by atoms with Crippen molar-refractivity contribution in [1.82, 2.24) is 9.97 Å². The molecule has 0 aliphatic rings. The van der Waals surface area contributed by atoms with Gasteiger partial charge in [-0.25, -0.2) is 9.97 Å². The summed E-state index contributed by atoms with van der Waals surface area (Å²) < 4.78 is 36.3. The summed E-state index contributed by atoms with van der Waals surface area (Å²) in [5, 5.41) is 3.91. The summed E-state index contributed by atoms with van der Waals surface area (Å²) in [6, 6.07) is 34.8. The van der Waals surface area contributed by atoms with E-state index in [9.17, 15) is 0 Å². The lowest BCUT2D eigenvalue weighted by Gasteiger charge is -1.96. The smallest absolute Gasteiger partial charge is 0.263 e. The van der Waals surface area contributed by atoms with E-state index in [0.717, 1.165) is 32.7 Å². The number of hydrogen-bond acceptors (Lipinski definition) is 8. The molecule has 10 aromatic rings.